The van der Waals surface area contributed by atoms with Crippen molar-refractivity contribution in [1.82, 2.24) is 4.72 Å². The fourth-order valence-electron chi connectivity index (χ4n) is 1.31. The second-order valence-corrected chi connectivity index (χ2v) is 6.07. The largest absolute Gasteiger partial charge is 0.240 e. The molecule has 0 fully saturated rings. The van der Waals surface area contributed by atoms with Gasteiger partial charge in [-0.1, -0.05) is 19.9 Å². The van der Waals surface area contributed by atoms with Crippen LogP contribution in [-0.4, -0.2) is 15.0 Å². The van der Waals surface area contributed by atoms with E-state index in [-0.39, 0.29) is 10.8 Å². The highest BCUT2D eigenvalue weighted by Crippen LogP contribution is 2.16. The van der Waals surface area contributed by atoms with Crippen LogP contribution in [0.15, 0.2) is 23.1 Å². The summed E-state index contributed by atoms with van der Waals surface area (Å²) < 4.78 is 26.5. The van der Waals surface area contributed by atoms with Crippen LogP contribution in [0.2, 0.25) is 0 Å². The molecule has 4 nitrogen and oxygen atoms in total. The van der Waals surface area contributed by atoms with Gasteiger partial charge in [0.05, 0.1) is 16.5 Å². The summed E-state index contributed by atoms with van der Waals surface area (Å²) in [6.45, 7) is 5.96. The smallest absolute Gasteiger partial charge is 0.211 e. The van der Waals surface area contributed by atoms with Gasteiger partial charge in [0.2, 0.25) is 10.0 Å². The molecule has 1 aromatic carbocycles. The number of rotatable bonds is 4. The fraction of sp³-hybridized carbons (Fsp3) is 0.417. The Kier molecular flexibility index (Phi) is 4.27. The first kappa shape index (κ1) is 13.7. The Morgan fingerprint density at radius 3 is 2.59 bits per heavy atom. The molecule has 5 heteroatoms. The molecule has 0 aromatic heterocycles. The lowest BCUT2D eigenvalue weighted by Crippen LogP contribution is -2.28. The highest BCUT2D eigenvalue weighted by atomic mass is 32.2. The molecule has 1 aromatic rings. The van der Waals surface area contributed by atoms with Crippen molar-refractivity contribution >= 4 is 10.0 Å². The van der Waals surface area contributed by atoms with Crippen molar-refractivity contribution in [2.24, 2.45) is 5.92 Å². The van der Waals surface area contributed by atoms with Crippen LogP contribution < -0.4 is 4.72 Å². The highest BCUT2D eigenvalue weighted by Gasteiger charge is 2.17. The molecule has 0 aliphatic carbocycles. The van der Waals surface area contributed by atoms with E-state index in [1.807, 2.05) is 19.9 Å². The molecular weight excluding hydrogens is 236 g/mol. The molecule has 17 heavy (non-hydrogen) atoms. The number of nitrogens with one attached hydrogen (secondary N) is 1. The van der Waals surface area contributed by atoms with Crippen molar-refractivity contribution < 1.29 is 8.42 Å². The lowest BCUT2D eigenvalue weighted by Gasteiger charge is -2.11. The maximum atomic E-state index is 12.0. The minimum atomic E-state index is -3.52. The summed E-state index contributed by atoms with van der Waals surface area (Å²) >= 11 is 0. The number of sulfonamides is 1. The average Bonchev–Trinajstić information content (AvgIpc) is 2.27. The zero-order chi connectivity index (χ0) is 13.1. The quantitative estimate of drug-likeness (QED) is 0.888. The summed E-state index contributed by atoms with van der Waals surface area (Å²) in [5, 5.41) is 8.77. The van der Waals surface area contributed by atoms with E-state index in [4.69, 9.17) is 5.26 Å². The van der Waals surface area contributed by atoms with Gasteiger partial charge in [0.25, 0.3) is 0 Å². The predicted molar refractivity (Wildman–Crippen MR) is 65.9 cm³/mol. The average molecular weight is 252 g/mol. The van der Waals surface area contributed by atoms with Gasteiger partial charge in [0, 0.05) is 6.54 Å². The standard InChI is InChI=1S/C12H16N2O2S/c1-9(2)8-14-17(15,16)12-6-11(7-13)5-4-10(12)3/h4-6,9,14H,8H2,1-3H3. The molecule has 0 bridgehead atoms. The van der Waals surface area contributed by atoms with Crippen molar-refractivity contribution in [2.45, 2.75) is 25.7 Å². The highest BCUT2D eigenvalue weighted by molar-refractivity contribution is 7.89. The number of hydrogen-bond acceptors (Lipinski definition) is 3. The number of aryl methyl sites for hydroxylation is 1. The van der Waals surface area contributed by atoms with Gasteiger partial charge in [0.15, 0.2) is 0 Å². The zero-order valence-corrected chi connectivity index (χ0v) is 11.0. The number of nitrogens with zero attached hydrogens (tertiary/aromatic N) is 1. The van der Waals surface area contributed by atoms with Crippen LogP contribution in [0.25, 0.3) is 0 Å². The lowest BCUT2D eigenvalue weighted by atomic mass is 10.2. The van der Waals surface area contributed by atoms with Crippen LogP contribution in [0.1, 0.15) is 25.0 Å². The Balaban J connectivity index is 3.11. The van der Waals surface area contributed by atoms with E-state index in [1.54, 1.807) is 19.1 Å². The van der Waals surface area contributed by atoms with Crippen molar-refractivity contribution in [3.8, 4) is 6.07 Å². The Morgan fingerprint density at radius 2 is 2.06 bits per heavy atom. The van der Waals surface area contributed by atoms with Crippen LogP contribution in [0.5, 0.6) is 0 Å². The van der Waals surface area contributed by atoms with Gasteiger partial charge in [-0.15, -0.1) is 0 Å². The van der Waals surface area contributed by atoms with E-state index in [1.165, 1.54) is 6.07 Å². The summed E-state index contributed by atoms with van der Waals surface area (Å²) in [5.74, 6) is 0.240. The fourth-order valence-corrected chi connectivity index (χ4v) is 2.80. The molecule has 0 amide bonds. The van der Waals surface area contributed by atoms with Gasteiger partial charge in [-0.25, -0.2) is 13.1 Å². The third-order valence-electron chi connectivity index (χ3n) is 2.29. The van der Waals surface area contributed by atoms with E-state index in [0.717, 1.165) is 0 Å². The molecule has 0 atom stereocenters. The van der Waals surface area contributed by atoms with E-state index >= 15 is 0 Å². The normalized spacial score (nSPS) is 11.5. The lowest BCUT2D eigenvalue weighted by molar-refractivity contribution is 0.559. The second-order valence-electron chi connectivity index (χ2n) is 4.34. The monoisotopic (exact) mass is 252 g/mol. The molecular formula is C12H16N2O2S. The molecule has 92 valence electrons. The predicted octanol–water partition coefficient (Wildman–Crippen LogP) is 1.80. The first-order valence-corrected chi connectivity index (χ1v) is 6.85. The first-order valence-electron chi connectivity index (χ1n) is 5.37. The van der Waals surface area contributed by atoms with Crippen LogP contribution in [0.4, 0.5) is 0 Å². The minimum absolute atomic E-state index is 0.178. The van der Waals surface area contributed by atoms with Crippen LogP contribution in [0, 0.1) is 24.2 Å². The topological polar surface area (TPSA) is 70.0 Å². The van der Waals surface area contributed by atoms with Crippen LogP contribution >= 0.6 is 0 Å². The molecule has 0 heterocycles. The summed E-state index contributed by atoms with van der Waals surface area (Å²) in [6, 6.07) is 6.59. The first-order chi connectivity index (χ1) is 7.86. The van der Waals surface area contributed by atoms with Crippen LogP contribution in [0.3, 0.4) is 0 Å². The Hall–Kier alpha value is -1.38. The maximum Gasteiger partial charge on any atom is 0.240 e. The van der Waals surface area contributed by atoms with Crippen molar-refractivity contribution in [3.63, 3.8) is 0 Å². The summed E-state index contributed by atoms with van der Waals surface area (Å²) in [5.41, 5.74) is 0.987. The van der Waals surface area contributed by atoms with Gasteiger partial charge >= 0.3 is 0 Å². The molecule has 1 rings (SSSR count). The number of benzene rings is 1. The van der Waals surface area contributed by atoms with E-state index < -0.39 is 10.0 Å². The van der Waals surface area contributed by atoms with Crippen molar-refractivity contribution in [3.05, 3.63) is 29.3 Å². The van der Waals surface area contributed by atoms with Gasteiger partial charge in [-0.2, -0.15) is 5.26 Å². The summed E-state index contributed by atoms with van der Waals surface area (Å²) in [7, 11) is -3.52. The van der Waals surface area contributed by atoms with Crippen molar-refractivity contribution in [2.75, 3.05) is 6.54 Å². The van der Waals surface area contributed by atoms with Crippen LogP contribution in [-0.2, 0) is 10.0 Å². The van der Waals surface area contributed by atoms with Gasteiger partial charge in [0.1, 0.15) is 0 Å². The Morgan fingerprint density at radius 1 is 1.41 bits per heavy atom. The zero-order valence-electron chi connectivity index (χ0n) is 10.2. The van der Waals surface area contributed by atoms with E-state index in [9.17, 15) is 8.42 Å². The maximum absolute atomic E-state index is 12.0. The molecule has 0 aliphatic rings. The Labute approximate surface area is 102 Å². The number of hydrogen-bond donors (Lipinski definition) is 1. The van der Waals surface area contributed by atoms with Gasteiger partial charge in [-0.05, 0) is 30.5 Å². The second kappa shape index (κ2) is 5.30. The van der Waals surface area contributed by atoms with Gasteiger partial charge < -0.3 is 0 Å². The third kappa shape index (κ3) is 3.55. The van der Waals surface area contributed by atoms with E-state index in [0.29, 0.717) is 17.7 Å². The Bertz CT molecular complexity index is 542. The minimum Gasteiger partial charge on any atom is -0.211 e. The third-order valence-corrected chi connectivity index (χ3v) is 3.85. The molecule has 1 N–H and O–H groups in total. The van der Waals surface area contributed by atoms with Crippen molar-refractivity contribution in [1.29, 1.82) is 5.26 Å². The molecule has 0 saturated heterocycles. The molecule has 0 radical (unpaired) electrons. The summed E-state index contributed by atoms with van der Waals surface area (Å²) in [6.07, 6.45) is 0. The molecule has 0 unspecified atom stereocenters. The van der Waals surface area contributed by atoms with Gasteiger partial charge in [-0.3, -0.25) is 0 Å². The molecule has 0 spiro atoms. The number of nitriles is 1. The summed E-state index contributed by atoms with van der Waals surface area (Å²) in [4.78, 5) is 0.178. The van der Waals surface area contributed by atoms with E-state index in [2.05, 4.69) is 4.72 Å². The SMILES string of the molecule is Cc1ccc(C#N)cc1S(=O)(=O)NCC(C)C. The molecule has 0 aliphatic heterocycles. The molecule has 0 saturated carbocycles.